The lowest BCUT2D eigenvalue weighted by Gasteiger charge is -2.12. The van der Waals surface area contributed by atoms with Crippen molar-refractivity contribution in [2.45, 2.75) is 46.5 Å². The maximum atomic E-state index is 13.5. The molecule has 0 radical (unpaired) electrons. The zero-order valence-electron chi connectivity index (χ0n) is 28.4. The molecular formula is C40H41Cl3F3N3O. The number of ether oxygens (including phenoxy) is 1. The number of aryl methyl sites for hydroxylation is 1. The lowest BCUT2D eigenvalue weighted by atomic mass is 9.96. The standard InChI is InChI=1S/C13H13ClFN.C13H11ClFN.C8H12O.C6H5ClFN/c2*1-9-5-7-10(8-6-9)16-13-11(14)3-2-4-12(13)15;1-7-3-5-8(9-2)6-4-7;7-4-2-1-3-5(8)6(4)9/h2-5,7,9H,6,8H2,1H3;2-8,16H,1H3;3,6H,4-5H2,1-2H3;1-3H,9H2. The lowest BCUT2D eigenvalue weighted by molar-refractivity contribution is 0.282. The number of allylic oxidation sites excluding steroid dienone is 5. The van der Waals surface area contributed by atoms with Crippen LogP contribution in [0.1, 0.15) is 45.1 Å². The molecular weight excluding hydrogens is 702 g/mol. The van der Waals surface area contributed by atoms with E-state index in [4.69, 9.17) is 45.3 Å². The second-order valence-electron chi connectivity index (χ2n) is 11.6. The largest absolute Gasteiger partial charge is 0.501 e. The summed E-state index contributed by atoms with van der Waals surface area (Å²) in [6, 6.07) is 21.2. The molecule has 3 N–H and O–H groups in total. The van der Waals surface area contributed by atoms with Crippen LogP contribution in [0, 0.1) is 30.3 Å². The molecule has 6 rings (SSSR count). The predicted molar refractivity (Wildman–Crippen MR) is 206 cm³/mol. The molecule has 50 heavy (non-hydrogen) atoms. The molecule has 1 unspecified atom stereocenters. The second kappa shape index (κ2) is 20.5. The van der Waals surface area contributed by atoms with Gasteiger partial charge in [-0.3, -0.25) is 0 Å². The fourth-order valence-corrected chi connectivity index (χ4v) is 5.03. The van der Waals surface area contributed by atoms with Gasteiger partial charge in [-0.2, -0.15) is 0 Å². The van der Waals surface area contributed by atoms with Crippen LogP contribution < -0.4 is 11.1 Å². The van der Waals surface area contributed by atoms with E-state index < -0.39 is 5.82 Å². The van der Waals surface area contributed by atoms with Gasteiger partial charge in [0.2, 0.25) is 0 Å². The summed E-state index contributed by atoms with van der Waals surface area (Å²) in [6.07, 6.45) is 12.4. The number of methoxy groups -OCH3 is 1. The Kier molecular flexibility index (Phi) is 16.5. The number of aliphatic imine (C=N–C) groups is 1. The molecule has 0 aliphatic heterocycles. The Hall–Kier alpha value is -4.17. The smallest absolute Gasteiger partial charge is 0.150 e. The maximum Gasteiger partial charge on any atom is 0.150 e. The van der Waals surface area contributed by atoms with E-state index in [0.717, 1.165) is 48.4 Å². The van der Waals surface area contributed by atoms with Gasteiger partial charge in [0, 0.05) is 17.8 Å². The summed E-state index contributed by atoms with van der Waals surface area (Å²) in [5.41, 5.74) is 10.1. The molecule has 0 amide bonds. The molecule has 4 aromatic carbocycles. The van der Waals surface area contributed by atoms with E-state index >= 15 is 0 Å². The first kappa shape index (κ1) is 40.3. The molecule has 0 aromatic heterocycles. The first-order valence-electron chi connectivity index (χ1n) is 15.9. The molecule has 4 aromatic rings. The van der Waals surface area contributed by atoms with Crippen molar-refractivity contribution in [3.8, 4) is 0 Å². The highest BCUT2D eigenvalue weighted by Crippen LogP contribution is 2.30. The van der Waals surface area contributed by atoms with Crippen molar-refractivity contribution in [1.29, 1.82) is 0 Å². The van der Waals surface area contributed by atoms with Crippen molar-refractivity contribution >= 4 is 63.3 Å². The Bertz CT molecular complexity index is 1780. The highest BCUT2D eigenvalue weighted by atomic mass is 35.5. The van der Waals surface area contributed by atoms with Gasteiger partial charge in [-0.25, -0.2) is 18.2 Å². The number of hydrogen-bond acceptors (Lipinski definition) is 4. The van der Waals surface area contributed by atoms with Crippen molar-refractivity contribution in [3.63, 3.8) is 0 Å². The maximum absolute atomic E-state index is 13.5. The number of anilines is 3. The fraction of sp³-hybridized carbons (Fsp3) is 0.225. The van der Waals surface area contributed by atoms with Gasteiger partial charge >= 0.3 is 0 Å². The third kappa shape index (κ3) is 13.3. The zero-order valence-corrected chi connectivity index (χ0v) is 30.7. The number of nitrogens with one attached hydrogen (secondary N) is 1. The number of nitrogens with zero attached hydrogens (tertiary/aromatic N) is 1. The Labute approximate surface area is 308 Å². The molecule has 0 fully saturated rings. The lowest BCUT2D eigenvalue weighted by Crippen LogP contribution is -2.04. The molecule has 0 saturated heterocycles. The van der Waals surface area contributed by atoms with Gasteiger partial charge in [0.25, 0.3) is 0 Å². The van der Waals surface area contributed by atoms with Crippen LogP contribution in [0.2, 0.25) is 15.1 Å². The summed E-state index contributed by atoms with van der Waals surface area (Å²) in [5, 5.41) is 3.96. The third-order valence-electron chi connectivity index (χ3n) is 7.51. The summed E-state index contributed by atoms with van der Waals surface area (Å²) in [5.74, 6) is 0.484. The number of rotatable bonds is 4. The molecule has 0 bridgehead atoms. The summed E-state index contributed by atoms with van der Waals surface area (Å²) in [7, 11) is 1.72. The van der Waals surface area contributed by atoms with Crippen molar-refractivity contribution in [2.24, 2.45) is 10.9 Å². The highest BCUT2D eigenvalue weighted by molar-refractivity contribution is 6.34. The Morgan fingerprint density at radius 2 is 1.40 bits per heavy atom. The van der Waals surface area contributed by atoms with Crippen molar-refractivity contribution in [1.82, 2.24) is 0 Å². The highest BCUT2D eigenvalue weighted by Gasteiger charge is 2.11. The number of nitrogen functional groups attached to an aromatic ring is 1. The molecule has 0 spiro atoms. The van der Waals surface area contributed by atoms with Crippen LogP contribution in [-0.2, 0) is 4.74 Å². The summed E-state index contributed by atoms with van der Waals surface area (Å²) < 4.78 is 44.4. The molecule has 4 nitrogen and oxygen atoms in total. The number of para-hydroxylation sites is 3. The SMILES string of the molecule is CC1C=CC(=Nc2c(F)cccc2Cl)CC1.COC1=CCC(C)=CC1.Cc1ccc(Nc2c(F)cccc2Cl)cc1.Nc1c(F)cccc1Cl. The van der Waals surface area contributed by atoms with Gasteiger partial charge in [0.1, 0.15) is 23.1 Å². The minimum Gasteiger partial charge on any atom is -0.501 e. The molecule has 2 aliphatic rings. The van der Waals surface area contributed by atoms with Crippen LogP contribution in [-0.4, -0.2) is 12.8 Å². The number of hydrogen-bond donors (Lipinski definition) is 2. The summed E-state index contributed by atoms with van der Waals surface area (Å²) >= 11 is 17.3. The minimum absolute atomic E-state index is 0.0131. The van der Waals surface area contributed by atoms with E-state index in [-0.39, 0.29) is 28.0 Å². The quantitative estimate of drug-likeness (QED) is 0.162. The van der Waals surface area contributed by atoms with Crippen molar-refractivity contribution < 1.29 is 17.9 Å². The number of benzene rings is 4. The molecule has 0 heterocycles. The average molecular weight is 743 g/mol. The van der Waals surface area contributed by atoms with Gasteiger partial charge in [-0.05, 0) is 99.7 Å². The second-order valence-corrected chi connectivity index (χ2v) is 12.8. The van der Waals surface area contributed by atoms with E-state index in [2.05, 4.69) is 42.4 Å². The van der Waals surface area contributed by atoms with Crippen LogP contribution in [0.25, 0.3) is 0 Å². The van der Waals surface area contributed by atoms with Crippen LogP contribution in [0.5, 0.6) is 0 Å². The molecule has 0 saturated carbocycles. The number of halogens is 6. The fourth-order valence-electron chi connectivity index (χ4n) is 4.46. The summed E-state index contributed by atoms with van der Waals surface area (Å²) in [4.78, 5) is 4.27. The van der Waals surface area contributed by atoms with Crippen LogP contribution in [0.4, 0.5) is 35.9 Å². The monoisotopic (exact) mass is 741 g/mol. The zero-order chi connectivity index (χ0) is 36.6. The van der Waals surface area contributed by atoms with Gasteiger partial charge in [0.05, 0.1) is 39.3 Å². The van der Waals surface area contributed by atoms with Crippen LogP contribution in [0.15, 0.2) is 119 Å². The van der Waals surface area contributed by atoms with Crippen LogP contribution >= 0.6 is 34.8 Å². The molecule has 10 heteroatoms. The third-order valence-corrected chi connectivity index (χ3v) is 8.46. The van der Waals surface area contributed by atoms with E-state index in [1.54, 1.807) is 37.4 Å². The summed E-state index contributed by atoms with van der Waals surface area (Å²) in [6.45, 7) is 6.30. The topological polar surface area (TPSA) is 59.6 Å². The Morgan fingerprint density at radius 3 is 1.92 bits per heavy atom. The minimum atomic E-state index is -0.470. The first-order chi connectivity index (χ1) is 23.9. The average Bonchev–Trinajstić information content (AvgIpc) is 3.10. The Morgan fingerprint density at radius 1 is 0.780 bits per heavy atom. The van der Waals surface area contributed by atoms with Gasteiger partial charge in [-0.15, -0.1) is 0 Å². The van der Waals surface area contributed by atoms with Gasteiger partial charge in [0.15, 0.2) is 0 Å². The molecule has 1 atom stereocenters. The van der Waals surface area contributed by atoms with Crippen molar-refractivity contribution in [2.75, 3.05) is 18.2 Å². The van der Waals surface area contributed by atoms with E-state index in [1.807, 2.05) is 37.3 Å². The van der Waals surface area contributed by atoms with E-state index in [1.165, 1.54) is 29.8 Å². The van der Waals surface area contributed by atoms with Gasteiger partial charge < -0.3 is 15.8 Å². The van der Waals surface area contributed by atoms with E-state index in [0.29, 0.717) is 21.7 Å². The predicted octanol–water partition coefficient (Wildman–Crippen LogP) is 13.4. The first-order valence-corrected chi connectivity index (χ1v) is 17.1. The Balaban J connectivity index is 0.000000187. The van der Waals surface area contributed by atoms with Gasteiger partial charge in [-0.1, -0.05) is 95.3 Å². The number of nitrogens with two attached hydrogens (primary N) is 1. The molecule has 2 aliphatic carbocycles. The van der Waals surface area contributed by atoms with E-state index in [9.17, 15) is 13.2 Å². The van der Waals surface area contributed by atoms with Crippen LogP contribution in [0.3, 0.4) is 0 Å². The van der Waals surface area contributed by atoms with Crippen molar-refractivity contribution in [3.05, 3.63) is 153 Å². The normalized spacial score (nSPS) is 15.6. The molecule has 264 valence electrons.